The molecule has 116 valence electrons. The summed E-state index contributed by atoms with van der Waals surface area (Å²) in [5.74, 6) is 9.79. The van der Waals surface area contributed by atoms with E-state index in [1.54, 1.807) is 0 Å². The highest BCUT2D eigenvalue weighted by Crippen LogP contribution is 2.19. The van der Waals surface area contributed by atoms with Crippen molar-refractivity contribution in [1.82, 2.24) is 10.9 Å². The third kappa shape index (κ3) is 4.28. The number of carbonyl (C=O) groups is 2. The number of hydrogen-bond acceptors (Lipinski definition) is 4. The predicted molar refractivity (Wildman–Crippen MR) is 85.3 cm³/mol. The van der Waals surface area contributed by atoms with Crippen molar-refractivity contribution in [3.63, 3.8) is 0 Å². The molecule has 0 aromatic heterocycles. The summed E-state index contributed by atoms with van der Waals surface area (Å²) in [7, 11) is 0. The third-order valence-corrected chi connectivity index (χ3v) is 3.57. The van der Waals surface area contributed by atoms with Crippen LogP contribution >= 0.6 is 0 Å². The van der Waals surface area contributed by atoms with Crippen LogP contribution in [0.15, 0.2) is 36.4 Å². The maximum Gasteiger partial charge on any atom is 0.234 e. The highest BCUT2D eigenvalue weighted by molar-refractivity contribution is 5.84. The molecule has 2 amide bonds. The number of amides is 2. The topological polar surface area (TPSA) is 110 Å². The number of hydrogen-bond donors (Lipinski definition) is 4. The number of benzene rings is 2. The Balaban J connectivity index is 2.08. The SMILES string of the molecule is NNC(=O)CCc1ccc2cc(CCC(=O)NN)ccc2c1. The van der Waals surface area contributed by atoms with Crippen LogP contribution in [-0.4, -0.2) is 11.8 Å². The number of nitrogens with one attached hydrogen (secondary N) is 2. The number of rotatable bonds is 6. The molecular formula is C16H20N4O2. The summed E-state index contributed by atoms with van der Waals surface area (Å²) in [6.45, 7) is 0. The van der Waals surface area contributed by atoms with Crippen molar-refractivity contribution in [1.29, 1.82) is 0 Å². The first kappa shape index (κ1) is 15.9. The van der Waals surface area contributed by atoms with Gasteiger partial charge in [-0.05, 0) is 34.7 Å². The maximum absolute atomic E-state index is 11.2. The standard InChI is InChI=1S/C16H20N4O2/c17-19-15(21)7-3-11-1-5-13-10-12(2-6-14(13)9-11)4-8-16(22)20-18/h1-2,5-6,9-10H,3-4,7-8,17-18H2,(H,19,21)(H,20,22). The largest absolute Gasteiger partial charge is 0.294 e. The van der Waals surface area contributed by atoms with E-state index in [-0.39, 0.29) is 11.8 Å². The van der Waals surface area contributed by atoms with E-state index < -0.39 is 0 Å². The molecule has 6 N–H and O–H groups in total. The van der Waals surface area contributed by atoms with Crippen LogP contribution in [0.5, 0.6) is 0 Å². The minimum Gasteiger partial charge on any atom is -0.294 e. The Kier molecular flexibility index (Phi) is 5.46. The molecule has 0 heterocycles. The first-order chi connectivity index (χ1) is 10.6. The lowest BCUT2D eigenvalue weighted by molar-refractivity contribution is -0.121. The lowest BCUT2D eigenvalue weighted by Gasteiger charge is -2.06. The van der Waals surface area contributed by atoms with E-state index in [1.165, 1.54) is 0 Å². The zero-order chi connectivity index (χ0) is 15.9. The number of fused-ring (bicyclic) bond motifs is 1. The first-order valence-electron chi connectivity index (χ1n) is 7.13. The van der Waals surface area contributed by atoms with Gasteiger partial charge in [0.15, 0.2) is 0 Å². The normalized spacial score (nSPS) is 10.5. The van der Waals surface area contributed by atoms with Crippen molar-refractivity contribution in [3.8, 4) is 0 Å². The van der Waals surface area contributed by atoms with Crippen LogP contribution in [0.25, 0.3) is 10.8 Å². The molecular weight excluding hydrogens is 280 g/mol. The van der Waals surface area contributed by atoms with Gasteiger partial charge >= 0.3 is 0 Å². The van der Waals surface area contributed by atoms with Gasteiger partial charge in [-0.2, -0.15) is 0 Å². The van der Waals surface area contributed by atoms with E-state index in [1.807, 2.05) is 24.3 Å². The summed E-state index contributed by atoms with van der Waals surface area (Å²) < 4.78 is 0. The molecule has 2 aromatic rings. The van der Waals surface area contributed by atoms with E-state index in [4.69, 9.17) is 11.7 Å². The minimum atomic E-state index is -0.173. The molecule has 0 bridgehead atoms. The highest BCUT2D eigenvalue weighted by atomic mass is 16.2. The second-order valence-electron chi connectivity index (χ2n) is 5.15. The van der Waals surface area contributed by atoms with Crippen molar-refractivity contribution < 1.29 is 9.59 Å². The van der Waals surface area contributed by atoms with Gasteiger partial charge < -0.3 is 0 Å². The summed E-state index contributed by atoms with van der Waals surface area (Å²) in [6.07, 6.45) is 2.04. The lowest BCUT2D eigenvalue weighted by Crippen LogP contribution is -2.30. The molecule has 0 saturated heterocycles. The van der Waals surface area contributed by atoms with E-state index in [0.29, 0.717) is 25.7 Å². The van der Waals surface area contributed by atoms with Crippen LogP contribution in [0.3, 0.4) is 0 Å². The minimum absolute atomic E-state index is 0.173. The fourth-order valence-electron chi connectivity index (χ4n) is 2.32. The average Bonchev–Trinajstić information content (AvgIpc) is 2.57. The molecule has 0 fully saturated rings. The van der Waals surface area contributed by atoms with Crippen LogP contribution in [0, 0.1) is 0 Å². The summed E-state index contributed by atoms with van der Waals surface area (Å²) >= 11 is 0. The second kappa shape index (κ2) is 7.53. The van der Waals surface area contributed by atoms with Crippen molar-refractivity contribution in [2.75, 3.05) is 0 Å². The van der Waals surface area contributed by atoms with E-state index in [9.17, 15) is 9.59 Å². The Morgan fingerprint density at radius 1 is 0.773 bits per heavy atom. The molecule has 0 aliphatic heterocycles. The predicted octanol–water partition coefficient (Wildman–Crippen LogP) is 0.685. The van der Waals surface area contributed by atoms with Gasteiger partial charge in [-0.1, -0.05) is 36.4 Å². The van der Waals surface area contributed by atoms with Gasteiger partial charge in [-0.3, -0.25) is 20.4 Å². The maximum atomic E-state index is 11.2. The zero-order valence-electron chi connectivity index (χ0n) is 12.3. The molecule has 0 spiro atoms. The number of aryl methyl sites for hydroxylation is 2. The Bertz CT molecular complexity index is 626. The summed E-state index contributed by atoms with van der Waals surface area (Å²) in [6, 6.07) is 12.2. The number of carbonyl (C=O) groups excluding carboxylic acids is 2. The van der Waals surface area contributed by atoms with Gasteiger partial charge in [0.05, 0.1) is 0 Å². The van der Waals surface area contributed by atoms with Crippen molar-refractivity contribution in [3.05, 3.63) is 47.5 Å². The molecule has 6 nitrogen and oxygen atoms in total. The fourth-order valence-corrected chi connectivity index (χ4v) is 2.32. The Hall–Kier alpha value is -2.44. The van der Waals surface area contributed by atoms with Crippen LogP contribution in [0.1, 0.15) is 24.0 Å². The van der Waals surface area contributed by atoms with Gasteiger partial charge in [0.1, 0.15) is 0 Å². The number of hydrazine groups is 2. The summed E-state index contributed by atoms with van der Waals surface area (Å²) in [5, 5.41) is 2.22. The van der Waals surface area contributed by atoms with E-state index in [2.05, 4.69) is 23.0 Å². The molecule has 0 unspecified atom stereocenters. The molecule has 0 atom stereocenters. The number of nitrogens with two attached hydrogens (primary N) is 2. The molecule has 0 aliphatic carbocycles. The quantitative estimate of drug-likeness (QED) is 0.357. The van der Waals surface area contributed by atoms with Gasteiger partial charge in [0, 0.05) is 12.8 Å². The second-order valence-corrected chi connectivity index (χ2v) is 5.15. The lowest BCUT2D eigenvalue weighted by atomic mass is 10.00. The van der Waals surface area contributed by atoms with Crippen molar-refractivity contribution in [2.45, 2.75) is 25.7 Å². The average molecular weight is 300 g/mol. The third-order valence-electron chi connectivity index (χ3n) is 3.57. The zero-order valence-corrected chi connectivity index (χ0v) is 12.3. The molecule has 0 aliphatic rings. The molecule has 0 radical (unpaired) electrons. The van der Waals surface area contributed by atoms with E-state index in [0.717, 1.165) is 21.9 Å². The fraction of sp³-hybridized carbons (Fsp3) is 0.250. The Morgan fingerprint density at radius 2 is 1.18 bits per heavy atom. The molecule has 0 saturated carbocycles. The van der Waals surface area contributed by atoms with Gasteiger partial charge in [0.25, 0.3) is 0 Å². The van der Waals surface area contributed by atoms with Crippen LogP contribution < -0.4 is 22.5 Å². The Labute approximate surface area is 128 Å². The Morgan fingerprint density at radius 3 is 1.55 bits per heavy atom. The van der Waals surface area contributed by atoms with Crippen molar-refractivity contribution >= 4 is 22.6 Å². The van der Waals surface area contributed by atoms with Crippen LogP contribution in [-0.2, 0) is 22.4 Å². The molecule has 22 heavy (non-hydrogen) atoms. The van der Waals surface area contributed by atoms with Gasteiger partial charge in [-0.15, -0.1) is 0 Å². The van der Waals surface area contributed by atoms with Crippen LogP contribution in [0.2, 0.25) is 0 Å². The van der Waals surface area contributed by atoms with Gasteiger partial charge in [0.2, 0.25) is 11.8 Å². The van der Waals surface area contributed by atoms with Crippen LogP contribution in [0.4, 0.5) is 0 Å². The molecule has 2 rings (SSSR count). The summed E-state index contributed by atoms with van der Waals surface area (Å²) in [5.41, 5.74) is 6.43. The first-order valence-corrected chi connectivity index (χ1v) is 7.13. The van der Waals surface area contributed by atoms with Gasteiger partial charge in [-0.25, -0.2) is 11.7 Å². The van der Waals surface area contributed by atoms with Crippen molar-refractivity contribution in [2.24, 2.45) is 11.7 Å². The summed E-state index contributed by atoms with van der Waals surface area (Å²) in [4.78, 5) is 22.3. The molecule has 6 heteroatoms. The van der Waals surface area contributed by atoms with E-state index >= 15 is 0 Å². The monoisotopic (exact) mass is 300 g/mol. The molecule has 2 aromatic carbocycles. The smallest absolute Gasteiger partial charge is 0.234 e. The highest BCUT2D eigenvalue weighted by Gasteiger charge is 2.04.